The number of halogens is 2. The molecule has 0 aliphatic carbocycles. The Kier molecular flexibility index (Phi) is 4.20. The molecule has 2 aromatic carbocycles. The number of fused-ring (bicyclic) bond motifs is 1. The number of amides is 1. The molecule has 0 aliphatic heterocycles. The van der Waals surface area contributed by atoms with E-state index in [1.807, 2.05) is 25.1 Å². The molecule has 1 heterocycles. The summed E-state index contributed by atoms with van der Waals surface area (Å²) in [6.07, 6.45) is 0. The van der Waals surface area contributed by atoms with Crippen LogP contribution in [-0.4, -0.2) is 17.1 Å². The fraction of sp³-hybridized carbons (Fsp3) is 0.167. The van der Waals surface area contributed by atoms with Crippen LogP contribution in [0.1, 0.15) is 17.4 Å². The second-order valence-electron chi connectivity index (χ2n) is 5.32. The van der Waals surface area contributed by atoms with Gasteiger partial charge >= 0.3 is 0 Å². The number of benzene rings is 2. The second-order valence-corrected chi connectivity index (χ2v) is 5.32. The summed E-state index contributed by atoms with van der Waals surface area (Å²) >= 11 is 0. The first kappa shape index (κ1) is 16.0. The molecule has 3 aromatic rings. The molecule has 0 saturated carbocycles. The van der Waals surface area contributed by atoms with E-state index in [0.29, 0.717) is 18.1 Å². The van der Waals surface area contributed by atoms with Gasteiger partial charge in [0.25, 0.3) is 5.91 Å². The number of ether oxygens (including phenoxy) is 1. The normalized spacial score (nSPS) is 10.8. The van der Waals surface area contributed by atoms with Crippen LogP contribution in [0.3, 0.4) is 0 Å². The molecule has 4 nitrogen and oxygen atoms in total. The van der Waals surface area contributed by atoms with Gasteiger partial charge in [-0.2, -0.15) is 0 Å². The van der Waals surface area contributed by atoms with Crippen LogP contribution in [0.4, 0.5) is 14.5 Å². The van der Waals surface area contributed by atoms with E-state index >= 15 is 0 Å². The van der Waals surface area contributed by atoms with Crippen LogP contribution in [0.15, 0.2) is 42.5 Å². The molecule has 0 bridgehead atoms. The average Bonchev–Trinajstić information content (AvgIpc) is 2.87. The Morgan fingerprint density at radius 3 is 2.67 bits per heavy atom. The molecule has 124 valence electrons. The first-order valence-electron chi connectivity index (χ1n) is 7.48. The van der Waals surface area contributed by atoms with Crippen molar-refractivity contribution in [1.29, 1.82) is 0 Å². The maximum Gasteiger partial charge on any atom is 0.272 e. The van der Waals surface area contributed by atoms with Gasteiger partial charge in [0.1, 0.15) is 23.1 Å². The zero-order valence-corrected chi connectivity index (χ0v) is 13.3. The summed E-state index contributed by atoms with van der Waals surface area (Å²) in [5.74, 6) is -1.27. The monoisotopic (exact) mass is 330 g/mol. The fourth-order valence-electron chi connectivity index (χ4n) is 2.58. The molecular formula is C18H16F2N2O2. The van der Waals surface area contributed by atoms with Crippen molar-refractivity contribution in [3.05, 3.63) is 59.8 Å². The molecule has 0 unspecified atom stereocenters. The fourth-order valence-corrected chi connectivity index (χ4v) is 2.58. The maximum atomic E-state index is 13.7. The van der Waals surface area contributed by atoms with Gasteiger partial charge in [0.2, 0.25) is 0 Å². The van der Waals surface area contributed by atoms with E-state index in [0.717, 1.165) is 23.0 Å². The molecule has 0 atom stereocenters. The zero-order chi connectivity index (χ0) is 17.3. The molecule has 6 heteroatoms. The van der Waals surface area contributed by atoms with Crippen molar-refractivity contribution in [1.82, 2.24) is 4.57 Å². The summed E-state index contributed by atoms with van der Waals surface area (Å²) in [5, 5.41) is 3.30. The minimum atomic E-state index is -0.819. The number of hydrogen-bond acceptors (Lipinski definition) is 2. The minimum absolute atomic E-state index is 0.0679. The van der Waals surface area contributed by atoms with E-state index in [-0.39, 0.29) is 5.69 Å². The van der Waals surface area contributed by atoms with Crippen molar-refractivity contribution in [3.8, 4) is 5.75 Å². The third-order valence-corrected chi connectivity index (χ3v) is 3.74. The third-order valence-electron chi connectivity index (χ3n) is 3.74. The molecular weight excluding hydrogens is 314 g/mol. The van der Waals surface area contributed by atoms with Crippen LogP contribution >= 0.6 is 0 Å². The second kappa shape index (κ2) is 6.31. The summed E-state index contributed by atoms with van der Waals surface area (Å²) in [7, 11) is 1.75. The van der Waals surface area contributed by atoms with Gasteiger partial charge in [0.05, 0.1) is 12.3 Å². The largest absolute Gasteiger partial charge is 0.494 e. The number of aromatic nitrogens is 1. The average molecular weight is 330 g/mol. The van der Waals surface area contributed by atoms with E-state index < -0.39 is 17.5 Å². The van der Waals surface area contributed by atoms with E-state index in [2.05, 4.69) is 5.32 Å². The van der Waals surface area contributed by atoms with E-state index in [1.165, 1.54) is 6.07 Å². The standard InChI is InChI=1S/C18H16F2N2O2/c1-3-24-13-5-7-16-11(8-13)9-17(22(16)2)18(23)21-15-6-4-12(19)10-14(15)20/h4-10H,3H2,1-2H3,(H,21,23). The number of rotatable bonds is 4. The third kappa shape index (κ3) is 2.95. The highest BCUT2D eigenvalue weighted by atomic mass is 19.1. The van der Waals surface area contributed by atoms with Gasteiger partial charge in [-0.15, -0.1) is 0 Å². The molecule has 1 amide bonds. The Balaban J connectivity index is 1.93. The maximum absolute atomic E-state index is 13.7. The Bertz CT molecular complexity index is 919. The lowest BCUT2D eigenvalue weighted by atomic mass is 10.2. The Hall–Kier alpha value is -2.89. The summed E-state index contributed by atoms with van der Waals surface area (Å²) in [6, 6.07) is 10.2. The van der Waals surface area contributed by atoms with Gasteiger partial charge in [-0.3, -0.25) is 4.79 Å². The first-order chi connectivity index (χ1) is 11.5. The minimum Gasteiger partial charge on any atom is -0.494 e. The van der Waals surface area contributed by atoms with E-state index in [9.17, 15) is 13.6 Å². The summed E-state index contributed by atoms with van der Waals surface area (Å²) in [6.45, 7) is 2.45. The SMILES string of the molecule is CCOc1ccc2c(c1)cc(C(=O)Nc1ccc(F)cc1F)n2C. The Labute approximate surface area is 137 Å². The number of aryl methyl sites for hydroxylation is 1. The highest BCUT2D eigenvalue weighted by Gasteiger charge is 2.16. The molecule has 0 aliphatic rings. The summed E-state index contributed by atoms with van der Waals surface area (Å²) in [5.41, 5.74) is 1.15. The van der Waals surface area contributed by atoms with E-state index in [1.54, 1.807) is 17.7 Å². The van der Waals surface area contributed by atoms with E-state index in [4.69, 9.17) is 4.74 Å². The van der Waals surface area contributed by atoms with Crippen molar-refractivity contribution >= 4 is 22.5 Å². The number of carbonyl (C=O) groups is 1. The van der Waals surface area contributed by atoms with Crippen LogP contribution in [-0.2, 0) is 7.05 Å². The molecule has 24 heavy (non-hydrogen) atoms. The van der Waals surface area contributed by atoms with Gasteiger partial charge in [0.15, 0.2) is 0 Å². The molecule has 0 saturated heterocycles. The predicted molar refractivity (Wildman–Crippen MR) is 88.4 cm³/mol. The van der Waals surface area contributed by atoms with Crippen molar-refractivity contribution in [3.63, 3.8) is 0 Å². The van der Waals surface area contributed by atoms with Crippen LogP contribution in [0.5, 0.6) is 5.75 Å². The number of hydrogen-bond donors (Lipinski definition) is 1. The number of carbonyl (C=O) groups excluding carboxylic acids is 1. The number of anilines is 1. The van der Waals surface area contributed by atoms with Gasteiger partial charge in [-0.05, 0) is 43.3 Å². The van der Waals surface area contributed by atoms with Gasteiger partial charge < -0.3 is 14.6 Å². The molecule has 0 spiro atoms. The van der Waals surface area contributed by atoms with Crippen LogP contribution in [0, 0.1) is 11.6 Å². The lowest BCUT2D eigenvalue weighted by molar-refractivity contribution is 0.101. The van der Waals surface area contributed by atoms with Crippen molar-refractivity contribution < 1.29 is 18.3 Å². The summed E-state index contributed by atoms with van der Waals surface area (Å²) < 4.78 is 33.8. The quantitative estimate of drug-likeness (QED) is 0.782. The van der Waals surface area contributed by atoms with Crippen molar-refractivity contribution in [2.24, 2.45) is 7.05 Å². The highest BCUT2D eigenvalue weighted by molar-refractivity contribution is 6.06. The summed E-state index contributed by atoms with van der Waals surface area (Å²) in [4.78, 5) is 12.4. The van der Waals surface area contributed by atoms with Crippen LogP contribution in [0.2, 0.25) is 0 Å². The Morgan fingerprint density at radius 1 is 1.17 bits per heavy atom. The number of nitrogens with one attached hydrogen (secondary N) is 1. The number of nitrogens with zero attached hydrogens (tertiary/aromatic N) is 1. The lowest BCUT2D eigenvalue weighted by Crippen LogP contribution is -2.16. The lowest BCUT2D eigenvalue weighted by Gasteiger charge is -2.07. The van der Waals surface area contributed by atoms with Gasteiger partial charge in [-0.25, -0.2) is 8.78 Å². The molecule has 3 rings (SSSR count). The van der Waals surface area contributed by atoms with Crippen molar-refractivity contribution in [2.75, 3.05) is 11.9 Å². The van der Waals surface area contributed by atoms with Gasteiger partial charge in [0, 0.05) is 24.0 Å². The van der Waals surface area contributed by atoms with Gasteiger partial charge in [-0.1, -0.05) is 0 Å². The smallest absolute Gasteiger partial charge is 0.272 e. The zero-order valence-electron chi connectivity index (χ0n) is 13.3. The molecule has 0 fully saturated rings. The van der Waals surface area contributed by atoms with Crippen LogP contribution in [0.25, 0.3) is 10.9 Å². The first-order valence-corrected chi connectivity index (χ1v) is 7.48. The topological polar surface area (TPSA) is 43.3 Å². The molecule has 1 aromatic heterocycles. The Morgan fingerprint density at radius 2 is 1.96 bits per heavy atom. The molecule has 1 N–H and O–H groups in total. The highest BCUT2D eigenvalue weighted by Crippen LogP contribution is 2.25. The molecule has 0 radical (unpaired) electrons. The van der Waals surface area contributed by atoms with Crippen molar-refractivity contribution in [2.45, 2.75) is 6.92 Å². The predicted octanol–water partition coefficient (Wildman–Crippen LogP) is 4.11. The van der Waals surface area contributed by atoms with Crippen LogP contribution < -0.4 is 10.1 Å².